The number of methoxy groups -OCH3 is 1. The van der Waals surface area contributed by atoms with Gasteiger partial charge in [0.15, 0.2) is 17.2 Å². The van der Waals surface area contributed by atoms with E-state index in [1.165, 1.54) is 58.8 Å². The van der Waals surface area contributed by atoms with Gasteiger partial charge in [0.25, 0.3) is 0 Å². The highest BCUT2D eigenvalue weighted by Gasteiger charge is 2.21. The van der Waals surface area contributed by atoms with E-state index in [4.69, 9.17) is 18.9 Å². The number of nitrogens with zero attached hydrogens (tertiary/aromatic N) is 1. The second kappa shape index (κ2) is 13.7. The molecule has 0 bridgehead atoms. The van der Waals surface area contributed by atoms with E-state index in [-0.39, 0.29) is 17.4 Å². The third-order valence-corrected chi connectivity index (χ3v) is 5.15. The maximum atomic E-state index is 12.2. The van der Waals surface area contributed by atoms with Crippen LogP contribution in [0.2, 0.25) is 0 Å². The van der Waals surface area contributed by atoms with Crippen molar-refractivity contribution in [2.24, 2.45) is 0 Å². The molecule has 0 radical (unpaired) electrons. The van der Waals surface area contributed by atoms with Gasteiger partial charge in [-0.25, -0.2) is 4.79 Å². The number of esters is 2. The monoisotopic (exact) mass is 459 g/mol. The molecule has 2 rings (SSSR count). The first-order valence-electron chi connectivity index (χ1n) is 11.9. The third kappa shape index (κ3) is 8.22. The summed E-state index contributed by atoms with van der Waals surface area (Å²) in [4.78, 5) is 28.3. The largest absolute Gasteiger partial charge is 0.490 e. The van der Waals surface area contributed by atoms with Crippen molar-refractivity contribution in [1.29, 1.82) is 0 Å². The molecule has 0 spiro atoms. The molecule has 0 atom stereocenters. The van der Waals surface area contributed by atoms with Gasteiger partial charge in [-0.1, -0.05) is 51.9 Å². The van der Waals surface area contributed by atoms with Gasteiger partial charge in [-0.2, -0.15) is 0 Å². The lowest BCUT2D eigenvalue weighted by molar-refractivity contribution is -0.131. The molecular weight excluding hydrogens is 422 g/mol. The molecule has 33 heavy (non-hydrogen) atoms. The van der Waals surface area contributed by atoms with Crippen LogP contribution >= 0.6 is 0 Å². The molecule has 0 amide bonds. The molecule has 0 saturated carbocycles. The van der Waals surface area contributed by atoms with Crippen LogP contribution in [-0.4, -0.2) is 36.7 Å². The van der Waals surface area contributed by atoms with Gasteiger partial charge in [0.1, 0.15) is 5.56 Å². The van der Waals surface area contributed by atoms with Crippen molar-refractivity contribution in [3.8, 4) is 17.2 Å². The zero-order valence-corrected chi connectivity index (χ0v) is 20.6. The average molecular weight is 460 g/mol. The molecule has 0 aliphatic heterocycles. The van der Waals surface area contributed by atoms with Gasteiger partial charge in [0.2, 0.25) is 0 Å². The second-order valence-corrected chi connectivity index (χ2v) is 8.39. The van der Waals surface area contributed by atoms with E-state index in [1.807, 2.05) is 13.8 Å². The standard InChI is InChI=1S/C26H37NO6/c1-6-7-8-9-10-11-12-13-14-31-23-15-20-22(16-24(23)32-18(2)3)27-17-21(26(29)30-5)25(20)33-19(4)28/h15-18H,6-14H2,1-5H3. The molecule has 2 aromatic rings. The fourth-order valence-electron chi connectivity index (χ4n) is 3.56. The fourth-order valence-corrected chi connectivity index (χ4v) is 3.56. The first-order valence-corrected chi connectivity index (χ1v) is 11.9. The Morgan fingerprint density at radius 1 is 0.970 bits per heavy atom. The number of benzene rings is 1. The summed E-state index contributed by atoms with van der Waals surface area (Å²) in [6.45, 7) is 7.92. The minimum atomic E-state index is -0.635. The van der Waals surface area contributed by atoms with Gasteiger partial charge < -0.3 is 18.9 Å². The molecule has 7 nitrogen and oxygen atoms in total. The molecular formula is C26H37NO6. The predicted octanol–water partition coefficient (Wildman–Crippen LogP) is 6.25. The minimum absolute atomic E-state index is 0.0600. The highest BCUT2D eigenvalue weighted by atomic mass is 16.5. The van der Waals surface area contributed by atoms with E-state index in [9.17, 15) is 9.59 Å². The number of fused-ring (bicyclic) bond motifs is 1. The molecule has 1 aromatic heterocycles. The maximum Gasteiger partial charge on any atom is 0.343 e. The van der Waals surface area contributed by atoms with Crippen molar-refractivity contribution in [2.45, 2.75) is 85.2 Å². The summed E-state index contributed by atoms with van der Waals surface area (Å²) in [6, 6.07) is 3.46. The molecule has 7 heteroatoms. The van der Waals surface area contributed by atoms with Crippen molar-refractivity contribution >= 4 is 22.8 Å². The normalized spacial score (nSPS) is 11.0. The quantitative estimate of drug-likeness (QED) is 0.244. The third-order valence-electron chi connectivity index (χ3n) is 5.15. The van der Waals surface area contributed by atoms with Gasteiger partial charge in [-0.15, -0.1) is 0 Å². The Balaban J connectivity index is 2.23. The molecule has 1 aromatic carbocycles. The number of aromatic nitrogens is 1. The Morgan fingerprint density at radius 3 is 2.24 bits per heavy atom. The van der Waals surface area contributed by atoms with Crippen LogP contribution < -0.4 is 14.2 Å². The van der Waals surface area contributed by atoms with E-state index >= 15 is 0 Å². The molecule has 0 N–H and O–H groups in total. The molecule has 0 aliphatic rings. The summed E-state index contributed by atoms with van der Waals surface area (Å²) in [5, 5.41) is 0.482. The summed E-state index contributed by atoms with van der Waals surface area (Å²) in [7, 11) is 1.27. The van der Waals surface area contributed by atoms with Crippen molar-refractivity contribution in [3.05, 3.63) is 23.9 Å². The van der Waals surface area contributed by atoms with E-state index in [2.05, 4.69) is 11.9 Å². The lowest BCUT2D eigenvalue weighted by Gasteiger charge is -2.17. The number of hydrogen-bond donors (Lipinski definition) is 0. The smallest absolute Gasteiger partial charge is 0.343 e. The topological polar surface area (TPSA) is 84.0 Å². The van der Waals surface area contributed by atoms with Crippen LogP contribution in [0.4, 0.5) is 0 Å². The fraction of sp³-hybridized carbons (Fsp3) is 0.577. The minimum Gasteiger partial charge on any atom is -0.490 e. The zero-order valence-electron chi connectivity index (χ0n) is 20.6. The highest BCUT2D eigenvalue weighted by Crippen LogP contribution is 2.38. The van der Waals surface area contributed by atoms with Crippen LogP contribution in [0.1, 0.15) is 89.4 Å². The van der Waals surface area contributed by atoms with Crippen molar-refractivity contribution < 1.29 is 28.5 Å². The first-order chi connectivity index (χ1) is 15.9. The van der Waals surface area contributed by atoms with Crippen LogP contribution in [0, 0.1) is 0 Å². The van der Waals surface area contributed by atoms with Crippen LogP contribution in [-0.2, 0) is 9.53 Å². The number of carbonyl (C=O) groups excluding carboxylic acids is 2. The Kier molecular flexibility index (Phi) is 10.9. The summed E-state index contributed by atoms with van der Waals surface area (Å²) >= 11 is 0. The highest BCUT2D eigenvalue weighted by molar-refractivity contribution is 6.01. The lowest BCUT2D eigenvalue weighted by Crippen LogP contribution is -2.11. The number of unbranched alkanes of at least 4 members (excludes halogenated alkanes) is 7. The Morgan fingerprint density at radius 2 is 1.64 bits per heavy atom. The molecule has 0 aliphatic carbocycles. The summed E-state index contributed by atoms with van der Waals surface area (Å²) in [5.74, 6) is 0.00836. The predicted molar refractivity (Wildman–Crippen MR) is 128 cm³/mol. The molecule has 0 unspecified atom stereocenters. The van der Waals surface area contributed by atoms with Gasteiger partial charge >= 0.3 is 11.9 Å². The van der Waals surface area contributed by atoms with Crippen LogP contribution in [0.5, 0.6) is 17.2 Å². The maximum absolute atomic E-state index is 12.2. The first kappa shape index (κ1) is 26.4. The van der Waals surface area contributed by atoms with Crippen LogP contribution in [0.3, 0.4) is 0 Å². The van der Waals surface area contributed by atoms with E-state index < -0.39 is 11.9 Å². The van der Waals surface area contributed by atoms with Crippen molar-refractivity contribution in [1.82, 2.24) is 4.98 Å². The van der Waals surface area contributed by atoms with Crippen LogP contribution in [0.25, 0.3) is 10.9 Å². The van der Waals surface area contributed by atoms with Gasteiger partial charge in [-0.05, 0) is 26.3 Å². The summed E-state index contributed by atoms with van der Waals surface area (Å²) in [6.07, 6.45) is 10.9. The Hall–Kier alpha value is -2.83. The van der Waals surface area contributed by atoms with E-state index in [0.717, 1.165) is 12.8 Å². The molecule has 182 valence electrons. The summed E-state index contributed by atoms with van der Waals surface area (Å²) < 4.78 is 22.2. The summed E-state index contributed by atoms with van der Waals surface area (Å²) in [5.41, 5.74) is 0.598. The van der Waals surface area contributed by atoms with E-state index in [0.29, 0.717) is 29.0 Å². The Bertz CT molecular complexity index is 925. The SMILES string of the molecule is CCCCCCCCCCOc1cc2c(OC(C)=O)c(C(=O)OC)cnc2cc1OC(C)C. The molecule has 0 fully saturated rings. The van der Waals surface area contributed by atoms with Gasteiger partial charge in [-0.3, -0.25) is 9.78 Å². The van der Waals surface area contributed by atoms with Gasteiger partial charge in [0, 0.05) is 24.6 Å². The second-order valence-electron chi connectivity index (χ2n) is 8.39. The molecule has 0 saturated heterocycles. The number of carbonyl (C=O) groups is 2. The number of rotatable bonds is 14. The van der Waals surface area contributed by atoms with Crippen molar-refractivity contribution in [3.63, 3.8) is 0 Å². The average Bonchev–Trinajstić information content (AvgIpc) is 2.77. The lowest BCUT2D eigenvalue weighted by atomic mass is 10.1. The number of ether oxygens (including phenoxy) is 4. The van der Waals surface area contributed by atoms with Crippen LogP contribution in [0.15, 0.2) is 18.3 Å². The number of hydrogen-bond acceptors (Lipinski definition) is 7. The Labute approximate surface area is 196 Å². The van der Waals surface area contributed by atoms with Gasteiger partial charge in [0.05, 0.1) is 25.3 Å². The zero-order chi connectivity index (χ0) is 24.2. The number of pyridine rings is 1. The van der Waals surface area contributed by atoms with E-state index in [1.54, 1.807) is 12.1 Å². The molecule has 1 heterocycles. The van der Waals surface area contributed by atoms with Crippen molar-refractivity contribution in [2.75, 3.05) is 13.7 Å².